The van der Waals surface area contributed by atoms with E-state index in [1.807, 2.05) is 50.2 Å². The molecule has 158 valence electrons. The number of benzene rings is 2. The van der Waals surface area contributed by atoms with Gasteiger partial charge in [-0.1, -0.05) is 30.3 Å². The van der Waals surface area contributed by atoms with Crippen LogP contribution in [0.4, 0.5) is 29.5 Å². The summed E-state index contributed by atoms with van der Waals surface area (Å²) >= 11 is 0. The largest absolute Gasteiger partial charge is 0.416 e. The molecule has 2 N–H and O–H groups in total. The van der Waals surface area contributed by atoms with Crippen molar-refractivity contribution in [3.05, 3.63) is 83.6 Å². The molecule has 2 aromatic carbocycles. The van der Waals surface area contributed by atoms with E-state index in [0.29, 0.717) is 17.2 Å². The van der Waals surface area contributed by atoms with Crippen molar-refractivity contribution in [1.29, 1.82) is 0 Å². The summed E-state index contributed by atoms with van der Waals surface area (Å²) in [5.74, 6) is 0.425. The fourth-order valence-corrected chi connectivity index (χ4v) is 3.34. The summed E-state index contributed by atoms with van der Waals surface area (Å²) in [4.78, 5) is 17.4. The highest BCUT2D eigenvalue weighted by atomic mass is 19.4. The topological polar surface area (TPSA) is 58.4 Å². The number of hydrogen-bond donors (Lipinski definition) is 2. The van der Waals surface area contributed by atoms with Crippen LogP contribution in [0.5, 0.6) is 0 Å². The van der Waals surface area contributed by atoms with Crippen LogP contribution in [0.15, 0.2) is 66.9 Å². The molecule has 0 unspecified atom stereocenters. The van der Waals surface area contributed by atoms with Crippen LogP contribution in [0.2, 0.25) is 0 Å². The average Bonchev–Trinajstić information content (AvgIpc) is 3.05. The van der Waals surface area contributed by atoms with Gasteiger partial charge in [0.15, 0.2) is 0 Å². The minimum atomic E-state index is -4.49. The number of amides is 2. The number of alkyl halides is 3. The summed E-state index contributed by atoms with van der Waals surface area (Å²) in [6.45, 7) is 3.88. The van der Waals surface area contributed by atoms with Crippen LogP contribution in [0, 0.1) is 13.8 Å². The standard InChI is InChI=1S/C23H19F3N4O/c1-14-10-11-30-19(12-14)28-20(18-9-4-3-6-15(18)2)21(30)29-22(31)27-17-8-5-7-16(13-17)23(24,25)26/h3-13H,1-2H3,(H2,27,29,31). The molecule has 0 saturated heterocycles. The number of fused-ring (bicyclic) bond motifs is 1. The highest BCUT2D eigenvalue weighted by molar-refractivity contribution is 6.02. The second-order valence-electron chi connectivity index (χ2n) is 7.21. The van der Waals surface area contributed by atoms with Gasteiger partial charge in [-0.25, -0.2) is 9.78 Å². The molecule has 5 nitrogen and oxygen atoms in total. The summed E-state index contributed by atoms with van der Waals surface area (Å²) in [5.41, 5.74) is 3.25. The summed E-state index contributed by atoms with van der Waals surface area (Å²) in [7, 11) is 0. The van der Waals surface area contributed by atoms with Crippen LogP contribution < -0.4 is 10.6 Å². The molecule has 0 aliphatic rings. The lowest BCUT2D eigenvalue weighted by Gasteiger charge is -2.12. The molecule has 4 rings (SSSR count). The molecule has 2 heterocycles. The number of rotatable bonds is 3. The van der Waals surface area contributed by atoms with Crippen LogP contribution in [0.1, 0.15) is 16.7 Å². The maximum atomic E-state index is 13.0. The van der Waals surface area contributed by atoms with Crippen molar-refractivity contribution >= 4 is 23.2 Å². The van der Waals surface area contributed by atoms with Gasteiger partial charge in [-0.3, -0.25) is 9.72 Å². The number of aryl methyl sites for hydroxylation is 2. The Kier molecular flexibility index (Phi) is 5.14. The van der Waals surface area contributed by atoms with Gasteiger partial charge in [-0.2, -0.15) is 13.2 Å². The predicted molar refractivity (Wildman–Crippen MR) is 114 cm³/mol. The van der Waals surface area contributed by atoms with E-state index in [2.05, 4.69) is 15.6 Å². The maximum absolute atomic E-state index is 13.0. The number of anilines is 2. The zero-order valence-corrected chi connectivity index (χ0v) is 16.8. The number of carbonyl (C=O) groups is 1. The Balaban J connectivity index is 1.70. The molecule has 0 bridgehead atoms. The fraction of sp³-hybridized carbons (Fsp3) is 0.130. The second-order valence-corrected chi connectivity index (χ2v) is 7.21. The zero-order chi connectivity index (χ0) is 22.2. The number of nitrogens with one attached hydrogen (secondary N) is 2. The Morgan fingerprint density at radius 2 is 1.74 bits per heavy atom. The SMILES string of the molecule is Cc1ccn2c(NC(=O)Nc3cccc(C(F)(F)F)c3)c(-c3ccccc3C)nc2c1. The van der Waals surface area contributed by atoms with E-state index in [-0.39, 0.29) is 5.69 Å². The van der Waals surface area contributed by atoms with Crippen molar-refractivity contribution < 1.29 is 18.0 Å². The minimum absolute atomic E-state index is 0.0365. The van der Waals surface area contributed by atoms with Gasteiger partial charge in [-0.05, 0) is 55.3 Å². The number of pyridine rings is 1. The van der Waals surface area contributed by atoms with Gasteiger partial charge in [0.25, 0.3) is 0 Å². The van der Waals surface area contributed by atoms with Gasteiger partial charge < -0.3 is 5.32 Å². The van der Waals surface area contributed by atoms with Crippen molar-refractivity contribution in [3.63, 3.8) is 0 Å². The van der Waals surface area contributed by atoms with Crippen LogP contribution >= 0.6 is 0 Å². The third-order valence-corrected chi connectivity index (χ3v) is 4.86. The maximum Gasteiger partial charge on any atom is 0.416 e. The minimum Gasteiger partial charge on any atom is -0.308 e. The van der Waals surface area contributed by atoms with Crippen molar-refractivity contribution in [2.75, 3.05) is 10.6 Å². The molecule has 8 heteroatoms. The highest BCUT2D eigenvalue weighted by Crippen LogP contribution is 2.32. The highest BCUT2D eigenvalue weighted by Gasteiger charge is 2.30. The molecule has 2 amide bonds. The zero-order valence-electron chi connectivity index (χ0n) is 16.8. The molecule has 0 aliphatic heterocycles. The lowest BCUT2D eigenvalue weighted by Crippen LogP contribution is -2.21. The van der Waals surface area contributed by atoms with E-state index in [4.69, 9.17) is 0 Å². The quantitative estimate of drug-likeness (QED) is 0.407. The first-order chi connectivity index (χ1) is 14.7. The molecule has 4 aromatic rings. The van der Waals surface area contributed by atoms with Crippen LogP contribution in [0.3, 0.4) is 0 Å². The van der Waals surface area contributed by atoms with E-state index in [1.165, 1.54) is 12.1 Å². The number of hydrogen-bond acceptors (Lipinski definition) is 2. The summed E-state index contributed by atoms with van der Waals surface area (Å²) in [6, 6.07) is 15.2. The molecule has 0 aliphatic carbocycles. The number of urea groups is 1. The van der Waals surface area contributed by atoms with Gasteiger partial charge in [-0.15, -0.1) is 0 Å². The van der Waals surface area contributed by atoms with E-state index in [0.717, 1.165) is 28.8 Å². The van der Waals surface area contributed by atoms with Crippen LogP contribution in [-0.4, -0.2) is 15.4 Å². The smallest absolute Gasteiger partial charge is 0.308 e. The fourth-order valence-electron chi connectivity index (χ4n) is 3.34. The molecule has 0 radical (unpaired) electrons. The molecule has 0 spiro atoms. The predicted octanol–water partition coefficient (Wildman–Crippen LogP) is 6.28. The van der Waals surface area contributed by atoms with Gasteiger partial charge in [0.1, 0.15) is 17.2 Å². The summed E-state index contributed by atoms with van der Waals surface area (Å²) in [5, 5.41) is 5.23. The third kappa shape index (κ3) is 4.23. The normalized spacial score (nSPS) is 11.5. The van der Waals surface area contributed by atoms with Crippen molar-refractivity contribution in [1.82, 2.24) is 9.38 Å². The van der Waals surface area contributed by atoms with Crippen molar-refractivity contribution in [2.45, 2.75) is 20.0 Å². The Labute approximate surface area is 176 Å². The number of aromatic nitrogens is 2. The third-order valence-electron chi connectivity index (χ3n) is 4.86. The van der Waals surface area contributed by atoms with Gasteiger partial charge >= 0.3 is 12.2 Å². The van der Waals surface area contributed by atoms with E-state index < -0.39 is 17.8 Å². The molecular formula is C23H19F3N4O. The first-order valence-electron chi connectivity index (χ1n) is 9.52. The Morgan fingerprint density at radius 3 is 2.48 bits per heavy atom. The van der Waals surface area contributed by atoms with Gasteiger partial charge in [0, 0.05) is 17.4 Å². The molecule has 31 heavy (non-hydrogen) atoms. The Hall–Kier alpha value is -3.81. The van der Waals surface area contributed by atoms with Gasteiger partial charge in [0.05, 0.1) is 5.56 Å². The van der Waals surface area contributed by atoms with Crippen molar-refractivity contribution in [3.8, 4) is 11.3 Å². The molecule has 0 fully saturated rings. The number of halogens is 3. The average molecular weight is 424 g/mol. The number of imidazole rings is 1. The molecule has 0 atom stereocenters. The summed E-state index contributed by atoms with van der Waals surface area (Å²) in [6.07, 6.45) is -2.70. The summed E-state index contributed by atoms with van der Waals surface area (Å²) < 4.78 is 40.6. The number of carbonyl (C=O) groups excluding carboxylic acids is 1. The first-order valence-corrected chi connectivity index (χ1v) is 9.52. The van der Waals surface area contributed by atoms with E-state index >= 15 is 0 Å². The Morgan fingerprint density at radius 1 is 0.968 bits per heavy atom. The monoisotopic (exact) mass is 424 g/mol. The van der Waals surface area contributed by atoms with E-state index in [9.17, 15) is 18.0 Å². The second kappa shape index (κ2) is 7.79. The van der Waals surface area contributed by atoms with Crippen LogP contribution in [0.25, 0.3) is 16.9 Å². The molecular weight excluding hydrogens is 405 g/mol. The van der Waals surface area contributed by atoms with Gasteiger partial charge in [0.2, 0.25) is 0 Å². The first kappa shape index (κ1) is 20.5. The van der Waals surface area contributed by atoms with E-state index in [1.54, 1.807) is 10.6 Å². The van der Waals surface area contributed by atoms with Crippen LogP contribution in [-0.2, 0) is 6.18 Å². The lowest BCUT2D eigenvalue weighted by molar-refractivity contribution is -0.137. The Bertz CT molecular complexity index is 1280. The molecule has 2 aromatic heterocycles. The number of nitrogens with zero attached hydrogens (tertiary/aromatic N) is 2. The molecule has 0 saturated carbocycles. The van der Waals surface area contributed by atoms with Crippen molar-refractivity contribution in [2.24, 2.45) is 0 Å². The lowest BCUT2D eigenvalue weighted by atomic mass is 10.1.